The molecule has 1 aromatic carbocycles. The van der Waals surface area contributed by atoms with Gasteiger partial charge in [0.2, 0.25) is 0 Å². The molecule has 5 heteroatoms. The molecule has 0 atom stereocenters. The lowest BCUT2D eigenvalue weighted by Gasteiger charge is -2.07. The molecular formula is C15H15BrN2O2. The summed E-state index contributed by atoms with van der Waals surface area (Å²) in [7, 11) is 1.66. The predicted octanol–water partition coefficient (Wildman–Crippen LogP) is 2.92. The summed E-state index contributed by atoms with van der Waals surface area (Å²) in [6.45, 7) is 1.02. The Morgan fingerprint density at radius 3 is 2.85 bits per heavy atom. The number of ether oxygens (including phenoxy) is 1. The summed E-state index contributed by atoms with van der Waals surface area (Å²) in [5.41, 5.74) is 2.50. The van der Waals surface area contributed by atoms with Crippen molar-refractivity contribution in [2.75, 3.05) is 7.11 Å². The summed E-state index contributed by atoms with van der Waals surface area (Å²) in [6.07, 6.45) is 1.60. The molecule has 20 heavy (non-hydrogen) atoms. The normalized spacial score (nSPS) is 10.3. The topological polar surface area (TPSA) is 51.2 Å². The van der Waals surface area contributed by atoms with Gasteiger partial charge in [-0.15, -0.1) is 0 Å². The summed E-state index contributed by atoms with van der Waals surface area (Å²) in [5.74, 6) is -0.199. The van der Waals surface area contributed by atoms with Gasteiger partial charge in [0.25, 0.3) is 5.91 Å². The van der Waals surface area contributed by atoms with Gasteiger partial charge >= 0.3 is 0 Å². The summed E-state index contributed by atoms with van der Waals surface area (Å²) < 4.78 is 5.78. The average molecular weight is 335 g/mol. The van der Waals surface area contributed by atoms with Crippen LogP contribution in [0.2, 0.25) is 0 Å². The number of nitrogens with zero attached hydrogens (tertiary/aromatic N) is 1. The Hall–Kier alpha value is -1.72. The highest BCUT2D eigenvalue weighted by Gasteiger charge is 2.10. The van der Waals surface area contributed by atoms with E-state index in [0.717, 1.165) is 11.1 Å². The Bertz CT molecular complexity index is 602. The second kappa shape index (κ2) is 7.17. The van der Waals surface area contributed by atoms with Crippen molar-refractivity contribution in [2.45, 2.75) is 13.2 Å². The average Bonchev–Trinajstić information content (AvgIpc) is 2.46. The van der Waals surface area contributed by atoms with Crippen molar-refractivity contribution in [2.24, 2.45) is 0 Å². The number of rotatable bonds is 5. The molecule has 4 nitrogen and oxygen atoms in total. The Kier molecular flexibility index (Phi) is 5.26. The van der Waals surface area contributed by atoms with E-state index in [1.54, 1.807) is 25.4 Å². The van der Waals surface area contributed by atoms with Crippen LogP contribution in [0.25, 0.3) is 0 Å². The van der Waals surface area contributed by atoms with Crippen molar-refractivity contribution < 1.29 is 9.53 Å². The van der Waals surface area contributed by atoms with Gasteiger partial charge in [-0.1, -0.05) is 24.3 Å². The number of nitrogens with one attached hydrogen (secondary N) is 1. The van der Waals surface area contributed by atoms with Gasteiger partial charge in [-0.3, -0.25) is 4.79 Å². The first-order valence-electron chi connectivity index (χ1n) is 6.16. The van der Waals surface area contributed by atoms with Crippen LogP contribution < -0.4 is 5.32 Å². The molecule has 0 fully saturated rings. The number of aromatic nitrogens is 1. The largest absolute Gasteiger partial charge is 0.380 e. The lowest BCUT2D eigenvalue weighted by molar-refractivity contribution is 0.0945. The molecule has 0 bridgehead atoms. The third-order valence-electron chi connectivity index (χ3n) is 2.73. The zero-order valence-corrected chi connectivity index (χ0v) is 12.7. The standard InChI is InChI=1S/C15H15BrN2O2/c1-20-10-12-5-2-4-11(8-12)9-18-15(19)14-13(16)6-3-7-17-14/h2-8H,9-10H2,1H3,(H,18,19). The van der Waals surface area contributed by atoms with E-state index in [0.29, 0.717) is 23.3 Å². The number of carbonyl (C=O) groups excluding carboxylic acids is 1. The van der Waals surface area contributed by atoms with Crippen LogP contribution in [-0.2, 0) is 17.9 Å². The molecule has 0 aliphatic rings. The molecule has 1 N–H and O–H groups in total. The number of hydrogen-bond donors (Lipinski definition) is 1. The van der Waals surface area contributed by atoms with Gasteiger partial charge in [-0.05, 0) is 39.2 Å². The van der Waals surface area contributed by atoms with Gasteiger partial charge in [0.15, 0.2) is 0 Å². The van der Waals surface area contributed by atoms with Gasteiger partial charge in [0, 0.05) is 24.3 Å². The lowest BCUT2D eigenvalue weighted by Crippen LogP contribution is -2.24. The minimum Gasteiger partial charge on any atom is -0.380 e. The summed E-state index contributed by atoms with van der Waals surface area (Å²) in [5, 5.41) is 2.85. The number of methoxy groups -OCH3 is 1. The van der Waals surface area contributed by atoms with Crippen LogP contribution in [0.3, 0.4) is 0 Å². The maximum absolute atomic E-state index is 12.0. The Morgan fingerprint density at radius 2 is 2.10 bits per heavy atom. The number of amides is 1. The number of benzene rings is 1. The fourth-order valence-electron chi connectivity index (χ4n) is 1.81. The Morgan fingerprint density at radius 1 is 1.30 bits per heavy atom. The van der Waals surface area contributed by atoms with Crippen LogP contribution in [-0.4, -0.2) is 18.0 Å². The van der Waals surface area contributed by atoms with Crippen LogP contribution in [0.4, 0.5) is 0 Å². The van der Waals surface area contributed by atoms with E-state index in [1.807, 2.05) is 24.3 Å². The lowest BCUT2D eigenvalue weighted by atomic mass is 10.1. The van der Waals surface area contributed by atoms with Crippen LogP contribution in [0, 0.1) is 0 Å². The SMILES string of the molecule is COCc1cccc(CNC(=O)c2ncccc2Br)c1. The van der Waals surface area contributed by atoms with Gasteiger partial charge in [-0.2, -0.15) is 0 Å². The van der Waals surface area contributed by atoms with Crippen LogP contribution in [0.15, 0.2) is 47.1 Å². The van der Waals surface area contributed by atoms with Crippen molar-refractivity contribution in [1.29, 1.82) is 0 Å². The van der Waals surface area contributed by atoms with Crippen LogP contribution in [0.1, 0.15) is 21.6 Å². The first-order chi connectivity index (χ1) is 9.70. The molecule has 1 heterocycles. The monoisotopic (exact) mass is 334 g/mol. The molecule has 0 aliphatic heterocycles. The number of halogens is 1. The highest BCUT2D eigenvalue weighted by molar-refractivity contribution is 9.10. The molecule has 2 rings (SSSR count). The summed E-state index contributed by atoms with van der Waals surface area (Å²) >= 11 is 3.32. The van der Waals surface area contributed by atoms with E-state index in [4.69, 9.17) is 4.74 Å². The number of pyridine rings is 1. The third kappa shape index (κ3) is 3.88. The van der Waals surface area contributed by atoms with Gasteiger partial charge in [0.05, 0.1) is 6.61 Å². The van der Waals surface area contributed by atoms with Gasteiger partial charge in [-0.25, -0.2) is 4.98 Å². The van der Waals surface area contributed by atoms with E-state index in [9.17, 15) is 4.79 Å². The van der Waals surface area contributed by atoms with Crippen LogP contribution >= 0.6 is 15.9 Å². The van der Waals surface area contributed by atoms with E-state index in [1.165, 1.54) is 0 Å². The highest BCUT2D eigenvalue weighted by atomic mass is 79.9. The number of hydrogen-bond acceptors (Lipinski definition) is 3. The second-order valence-electron chi connectivity index (χ2n) is 4.27. The second-order valence-corrected chi connectivity index (χ2v) is 5.12. The molecule has 0 saturated carbocycles. The van der Waals surface area contributed by atoms with E-state index >= 15 is 0 Å². The van der Waals surface area contributed by atoms with E-state index in [-0.39, 0.29) is 5.91 Å². The first-order valence-corrected chi connectivity index (χ1v) is 6.95. The van der Waals surface area contributed by atoms with E-state index < -0.39 is 0 Å². The molecule has 0 unspecified atom stereocenters. The quantitative estimate of drug-likeness (QED) is 0.914. The predicted molar refractivity (Wildman–Crippen MR) is 80.3 cm³/mol. The van der Waals surface area contributed by atoms with Crippen molar-refractivity contribution in [3.05, 3.63) is 63.9 Å². The smallest absolute Gasteiger partial charge is 0.271 e. The molecule has 1 amide bonds. The minimum absolute atomic E-state index is 0.199. The maximum atomic E-state index is 12.0. The minimum atomic E-state index is -0.199. The van der Waals surface area contributed by atoms with Crippen molar-refractivity contribution in [3.8, 4) is 0 Å². The zero-order valence-electron chi connectivity index (χ0n) is 11.1. The summed E-state index contributed by atoms with van der Waals surface area (Å²) in [4.78, 5) is 16.1. The molecule has 0 aliphatic carbocycles. The van der Waals surface area contributed by atoms with Crippen molar-refractivity contribution >= 4 is 21.8 Å². The molecule has 2 aromatic rings. The molecule has 0 radical (unpaired) electrons. The Balaban J connectivity index is 2.00. The van der Waals surface area contributed by atoms with Crippen molar-refractivity contribution in [3.63, 3.8) is 0 Å². The zero-order chi connectivity index (χ0) is 14.4. The number of carbonyl (C=O) groups is 1. The maximum Gasteiger partial charge on any atom is 0.271 e. The third-order valence-corrected chi connectivity index (χ3v) is 3.37. The van der Waals surface area contributed by atoms with E-state index in [2.05, 4.69) is 26.2 Å². The highest BCUT2D eigenvalue weighted by Crippen LogP contribution is 2.13. The van der Waals surface area contributed by atoms with Crippen molar-refractivity contribution in [1.82, 2.24) is 10.3 Å². The van der Waals surface area contributed by atoms with Gasteiger partial charge < -0.3 is 10.1 Å². The Labute approximate surface area is 126 Å². The first kappa shape index (κ1) is 14.7. The summed E-state index contributed by atoms with van der Waals surface area (Å²) in [6, 6.07) is 11.5. The van der Waals surface area contributed by atoms with Crippen LogP contribution in [0.5, 0.6) is 0 Å². The molecule has 0 saturated heterocycles. The molecule has 0 spiro atoms. The molecular weight excluding hydrogens is 320 g/mol. The fourth-order valence-corrected chi connectivity index (χ4v) is 2.25. The molecule has 1 aromatic heterocycles. The molecule has 104 valence electrons. The van der Waals surface area contributed by atoms with Gasteiger partial charge in [0.1, 0.15) is 5.69 Å². The fraction of sp³-hybridized carbons (Fsp3) is 0.200.